The van der Waals surface area contributed by atoms with Gasteiger partial charge in [-0.2, -0.15) is 0 Å². The van der Waals surface area contributed by atoms with Crippen molar-refractivity contribution in [3.8, 4) is 5.75 Å². The first-order chi connectivity index (χ1) is 8.38. The molecule has 1 rings (SSSR count). The minimum Gasteiger partial charge on any atom is -0.492 e. The van der Waals surface area contributed by atoms with E-state index in [1.807, 2.05) is 11.4 Å². The van der Waals surface area contributed by atoms with E-state index in [9.17, 15) is 0 Å². The zero-order valence-corrected chi connectivity index (χ0v) is 11.6. The lowest BCUT2D eigenvalue weighted by molar-refractivity contribution is 0.264. The third-order valence-corrected chi connectivity index (χ3v) is 3.74. The molecule has 0 aliphatic heterocycles. The second-order valence-electron chi connectivity index (χ2n) is 4.34. The minimum atomic E-state index is 0.0873. The molecule has 0 fully saturated rings. The van der Waals surface area contributed by atoms with Crippen LogP contribution < -0.4 is 4.74 Å². The molecule has 1 heterocycles. The number of aliphatic hydroxyl groups excluding tert-OH is 1. The number of aliphatic hydroxyl groups is 1. The van der Waals surface area contributed by atoms with Gasteiger partial charge in [-0.25, -0.2) is 0 Å². The number of rotatable bonds is 10. The van der Waals surface area contributed by atoms with Crippen molar-refractivity contribution < 1.29 is 9.84 Å². The summed E-state index contributed by atoms with van der Waals surface area (Å²) < 4.78 is 5.65. The summed E-state index contributed by atoms with van der Waals surface area (Å²) in [5, 5.41) is 11.0. The molecule has 0 radical (unpaired) electrons. The van der Waals surface area contributed by atoms with E-state index >= 15 is 0 Å². The molecule has 0 aromatic carbocycles. The zero-order chi connectivity index (χ0) is 12.3. The molecule has 0 aliphatic rings. The maximum atomic E-state index is 9.06. The fourth-order valence-corrected chi connectivity index (χ4v) is 2.49. The van der Waals surface area contributed by atoms with Gasteiger partial charge in [0.1, 0.15) is 5.75 Å². The smallest absolute Gasteiger partial charge is 0.135 e. The summed E-state index contributed by atoms with van der Waals surface area (Å²) in [4.78, 5) is 0.938. The van der Waals surface area contributed by atoms with Gasteiger partial charge in [-0.1, -0.05) is 45.4 Å². The van der Waals surface area contributed by atoms with E-state index in [1.54, 1.807) is 11.3 Å². The number of thiophene rings is 1. The van der Waals surface area contributed by atoms with Crippen LogP contribution in [0.1, 0.15) is 56.7 Å². The lowest BCUT2D eigenvalue weighted by Crippen LogP contribution is -1.98. The minimum absolute atomic E-state index is 0.0873. The molecular formula is C14H24O2S. The van der Waals surface area contributed by atoms with Crippen LogP contribution in [0.2, 0.25) is 0 Å². The summed E-state index contributed by atoms with van der Waals surface area (Å²) in [6.07, 6.45) is 9.09. The highest BCUT2D eigenvalue weighted by atomic mass is 32.1. The molecule has 0 spiro atoms. The third-order valence-electron chi connectivity index (χ3n) is 2.85. The van der Waals surface area contributed by atoms with Gasteiger partial charge in [-0.05, 0) is 17.9 Å². The Kier molecular flexibility index (Phi) is 8.10. The monoisotopic (exact) mass is 256 g/mol. The van der Waals surface area contributed by atoms with Crippen molar-refractivity contribution in [2.45, 2.75) is 58.5 Å². The zero-order valence-electron chi connectivity index (χ0n) is 10.8. The lowest BCUT2D eigenvalue weighted by atomic mass is 10.1. The fourth-order valence-electron chi connectivity index (χ4n) is 1.81. The average molecular weight is 256 g/mol. The average Bonchev–Trinajstić information content (AvgIpc) is 2.80. The highest BCUT2D eigenvalue weighted by Gasteiger charge is 2.03. The summed E-state index contributed by atoms with van der Waals surface area (Å²) in [7, 11) is 0. The van der Waals surface area contributed by atoms with Gasteiger partial charge in [0.2, 0.25) is 0 Å². The van der Waals surface area contributed by atoms with Gasteiger partial charge in [0.15, 0.2) is 0 Å². The molecule has 0 atom stereocenters. The van der Waals surface area contributed by atoms with E-state index < -0.39 is 0 Å². The maximum Gasteiger partial charge on any atom is 0.135 e. The molecule has 17 heavy (non-hydrogen) atoms. The Morgan fingerprint density at radius 3 is 2.53 bits per heavy atom. The van der Waals surface area contributed by atoms with Crippen LogP contribution >= 0.6 is 11.3 Å². The van der Waals surface area contributed by atoms with E-state index in [4.69, 9.17) is 9.84 Å². The van der Waals surface area contributed by atoms with Crippen LogP contribution in [0.15, 0.2) is 11.4 Å². The fraction of sp³-hybridized carbons (Fsp3) is 0.714. The van der Waals surface area contributed by atoms with Crippen molar-refractivity contribution in [2.75, 3.05) is 6.61 Å². The van der Waals surface area contributed by atoms with Gasteiger partial charge in [0.05, 0.1) is 18.1 Å². The highest BCUT2D eigenvalue weighted by molar-refractivity contribution is 7.10. The highest BCUT2D eigenvalue weighted by Crippen LogP contribution is 2.24. The van der Waals surface area contributed by atoms with E-state index in [0.717, 1.165) is 23.7 Å². The molecule has 1 N–H and O–H groups in total. The maximum absolute atomic E-state index is 9.06. The summed E-state index contributed by atoms with van der Waals surface area (Å²) in [6.45, 7) is 3.11. The quantitative estimate of drug-likeness (QED) is 0.630. The SMILES string of the molecule is CCCCCCCCCOc1ccsc1CO. The normalized spacial score (nSPS) is 10.7. The molecule has 0 unspecified atom stereocenters. The Morgan fingerprint density at radius 2 is 1.82 bits per heavy atom. The van der Waals surface area contributed by atoms with Crippen LogP contribution in [0.5, 0.6) is 5.75 Å². The molecule has 3 heteroatoms. The first kappa shape index (κ1) is 14.5. The predicted molar refractivity (Wildman–Crippen MR) is 73.7 cm³/mol. The summed E-state index contributed by atoms with van der Waals surface area (Å²) in [5.41, 5.74) is 0. The summed E-state index contributed by atoms with van der Waals surface area (Å²) in [6, 6.07) is 1.94. The van der Waals surface area contributed by atoms with E-state index in [-0.39, 0.29) is 6.61 Å². The molecule has 0 saturated carbocycles. The number of hydrogen-bond donors (Lipinski definition) is 1. The molecular weight excluding hydrogens is 232 g/mol. The van der Waals surface area contributed by atoms with Gasteiger partial charge < -0.3 is 9.84 Å². The standard InChI is InChI=1S/C14H24O2S/c1-2-3-4-5-6-7-8-10-16-13-9-11-17-14(13)12-15/h9,11,15H,2-8,10,12H2,1H3. The van der Waals surface area contributed by atoms with Gasteiger partial charge in [0.25, 0.3) is 0 Å². The van der Waals surface area contributed by atoms with Crippen molar-refractivity contribution in [1.29, 1.82) is 0 Å². The number of ether oxygens (including phenoxy) is 1. The third kappa shape index (κ3) is 6.08. The Labute approximate surface area is 109 Å². The molecule has 0 amide bonds. The molecule has 2 nitrogen and oxygen atoms in total. The van der Waals surface area contributed by atoms with Crippen molar-refractivity contribution >= 4 is 11.3 Å². The predicted octanol–water partition coefficient (Wildman–Crippen LogP) is 4.37. The molecule has 0 bridgehead atoms. The second-order valence-corrected chi connectivity index (χ2v) is 5.34. The van der Waals surface area contributed by atoms with E-state index in [1.165, 1.54) is 38.5 Å². The van der Waals surface area contributed by atoms with Crippen LogP contribution in [0.3, 0.4) is 0 Å². The van der Waals surface area contributed by atoms with Gasteiger partial charge in [-0.3, -0.25) is 0 Å². The summed E-state index contributed by atoms with van der Waals surface area (Å²) >= 11 is 1.55. The van der Waals surface area contributed by atoms with Crippen LogP contribution in [0.4, 0.5) is 0 Å². The molecule has 1 aromatic heterocycles. The Hall–Kier alpha value is -0.540. The van der Waals surface area contributed by atoms with Crippen LogP contribution in [-0.2, 0) is 6.61 Å². The topological polar surface area (TPSA) is 29.5 Å². The van der Waals surface area contributed by atoms with Gasteiger partial charge >= 0.3 is 0 Å². The van der Waals surface area contributed by atoms with Crippen molar-refractivity contribution in [1.82, 2.24) is 0 Å². The van der Waals surface area contributed by atoms with Crippen molar-refractivity contribution in [3.63, 3.8) is 0 Å². The molecule has 1 aromatic rings. The van der Waals surface area contributed by atoms with E-state index in [2.05, 4.69) is 6.92 Å². The Balaban J connectivity index is 1.97. The molecule has 0 aliphatic carbocycles. The first-order valence-corrected chi connectivity index (χ1v) is 7.56. The van der Waals surface area contributed by atoms with Gasteiger partial charge in [0, 0.05) is 0 Å². The van der Waals surface area contributed by atoms with Gasteiger partial charge in [-0.15, -0.1) is 11.3 Å². The molecule has 98 valence electrons. The largest absolute Gasteiger partial charge is 0.492 e. The molecule has 0 saturated heterocycles. The second kappa shape index (κ2) is 9.49. The van der Waals surface area contributed by atoms with Crippen LogP contribution in [0, 0.1) is 0 Å². The van der Waals surface area contributed by atoms with Crippen molar-refractivity contribution in [2.24, 2.45) is 0 Å². The summed E-state index contributed by atoms with van der Waals surface area (Å²) in [5.74, 6) is 0.864. The lowest BCUT2D eigenvalue weighted by Gasteiger charge is -2.05. The van der Waals surface area contributed by atoms with Crippen LogP contribution in [-0.4, -0.2) is 11.7 Å². The Morgan fingerprint density at radius 1 is 1.12 bits per heavy atom. The Bertz CT molecular complexity index is 284. The number of unbranched alkanes of at least 4 members (excludes halogenated alkanes) is 6. The van der Waals surface area contributed by atoms with Crippen LogP contribution in [0.25, 0.3) is 0 Å². The van der Waals surface area contributed by atoms with E-state index in [0.29, 0.717) is 0 Å². The number of hydrogen-bond acceptors (Lipinski definition) is 3. The first-order valence-electron chi connectivity index (χ1n) is 6.68. The van der Waals surface area contributed by atoms with Crippen molar-refractivity contribution in [3.05, 3.63) is 16.3 Å².